The molecular formula is C15H33N3. The third-order valence-corrected chi connectivity index (χ3v) is 4.55. The van der Waals surface area contributed by atoms with Crippen molar-refractivity contribution in [3.63, 3.8) is 0 Å². The van der Waals surface area contributed by atoms with E-state index >= 15 is 0 Å². The first-order valence-corrected chi connectivity index (χ1v) is 7.87. The van der Waals surface area contributed by atoms with E-state index < -0.39 is 0 Å². The summed E-state index contributed by atoms with van der Waals surface area (Å²) in [4.78, 5) is 5.17. The Bertz CT molecular complexity index is 204. The van der Waals surface area contributed by atoms with Crippen molar-refractivity contribution in [3.05, 3.63) is 0 Å². The summed E-state index contributed by atoms with van der Waals surface area (Å²) in [5.74, 6) is 0. The van der Waals surface area contributed by atoms with Gasteiger partial charge in [-0.15, -0.1) is 0 Å². The van der Waals surface area contributed by atoms with Gasteiger partial charge in [-0.3, -0.25) is 4.90 Å². The van der Waals surface area contributed by atoms with Gasteiger partial charge in [0, 0.05) is 25.2 Å². The Balaban J connectivity index is 2.40. The third-order valence-electron chi connectivity index (χ3n) is 4.55. The Hall–Kier alpha value is -0.120. The maximum atomic E-state index is 5.76. The molecule has 108 valence electrons. The Morgan fingerprint density at radius 3 is 2.50 bits per heavy atom. The zero-order valence-corrected chi connectivity index (χ0v) is 12.7. The molecule has 1 fully saturated rings. The summed E-state index contributed by atoms with van der Waals surface area (Å²) in [6, 6.07) is 1.52. The number of hydrogen-bond donors (Lipinski definition) is 1. The van der Waals surface area contributed by atoms with Gasteiger partial charge in [-0.05, 0) is 52.2 Å². The van der Waals surface area contributed by atoms with Gasteiger partial charge in [-0.1, -0.05) is 20.3 Å². The van der Waals surface area contributed by atoms with E-state index in [9.17, 15) is 0 Å². The Kier molecular flexibility index (Phi) is 7.87. The highest BCUT2D eigenvalue weighted by Gasteiger charge is 2.21. The molecule has 3 heteroatoms. The normalized spacial score (nSPS) is 22.0. The minimum absolute atomic E-state index is 0.724. The van der Waals surface area contributed by atoms with E-state index in [4.69, 9.17) is 5.73 Å². The van der Waals surface area contributed by atoms with Gasteiger partial charge >= 0.3 is 0 Å². The van der Waals surface area contributed by atoms with E-state index in [1.54, 1.807) is 0 Å². The highest BCUT2D eigenvalue weighted by atomic mass is 15.2. The lowest BCUT2D eigenvalue weighted by Gasteiger charge is -2.36. The molecule has 0 saturated carbocycles. The van der Waals surface area contributed by atoms with Crippen LogP contribution in [0.4, 0.5) is 0 Å². The second kappa shape index (κ2) is 8.89. The largest absolute Gasteiger partial charge is 0.329 e. The number of nitrogens with zero attached hydrogens (tertiary/aromatic N) is 2. The average Bonchev–Trinajstić information content (AvgIpc) is 2.39. The van der Waals surface area contributed by atoms with Crippen LogP contribution in [0.15, 0.2) is 0 Å². The minimum atomic E-state index is 0.724. The molecule has 0 radical (unpaired) electrons. The van der Waals surface area contributed by atoms with E-state index in [0.29, 0.717) is 0 Å². The number of piperidine rings is 1. The van der Waals surface area contributed by atoms with Gasteiger partial charge in [-0.25, -0.2) is 0 Å². The second-order valence-corrected chi connectivity index (χ2v) is 5.71. The molecule has 1 atom stereocenters. The van der Waals surface area contributed by atoms with E-state index in [1.165, 1.54) is 51.6 Å². The molecular weight excluding hydrogens is 222 g/mol. The summed E-state index contributed by atoms with van der Waals surface area (Å²) in [5.41, 5.74) is 5.76. The van der Waals surface area contributed by atoms with Gasteiger partial charge in [0.2, 0.25) is 0 Å². The Morgan fingerprint density at radius 2 is 1.94 bits per heavy atom. The molecule has 3 nitrogen and oxygen atoms in total. The topological polar surface area (TPSA) is 32.5 Å². The summed E-state index contributed by atoms with van der Waals surface area (Å²) < 4.78 is 0. The van der Waals surface area contributed by atoms with E-state index in [2.05, 4.69) is 30.7 Å². The molecule has 0 spiro atoms. The number of likely N-dealkylation sites (tertiary alicyclic amines) is 1. The molecule has 1 unspecified atom stereocenters. The van der Waals surface area contributed by atoms with Gasteiger partial charge in [-0.2, -0.15) is 0 Å². The molecule has 1 rings (SSSR count). The molecule has 2 N–H and O–H groups in total. The molecule has 0 amide bonds. The molecule has 1 saturated heterocycles. The zero-order valence-electron chi connectivity index (χ0n) is 12.7. The van der Waals surface area contributed by atoms with Crippen LogP contribution < -0.4 is 5.73 Å². The third kappa shape index (κ3) is 4.87. The van der Waals surface area contributed by atoms with Crippen molar-refractivity contribution in [2.75, 3.05) is 33.2 Å². The number of nitrogens with two attached hydrogens (primary N) is 1. The summed E-state index contributed by atoms with van der Waals surface area (Å²) >= 11 is 0. The van der Waals surface area contributed by atoms with Crippen molar-refractivity contribution in [2.24, 2.45) is 5.73 Å². The molecule has 0 aromatic carbocycles. The van der Waals surface area contributed by atoms with Crippen LogP contribution in [0.1, 0.15) is 52.4 Å². The van der Waals surface area contributed by atoms with Crippen LogP contribution in [0.3, 0.4) is 0 Å². The van der Waals surface area contributed by atoms with Crippen LogP contribution in [0.5, 0.6) is 0 Å². The summed E-state index contributed by atoms with van der Waals surface area (Å²) in [6.07, 6.45) is 7.99. The summed E-state index contributed by atoms with van der Waals surface area (Å²) in [6.45, 7) is 8.94. The zero-order chi connectivity index (χ0) is 13.4. The minimum Gasteiger partial charge on any atom is -0.329 e. The monoisotopic (exact) mass is 255 g/mol. The van der Waals surface area contributed by atoms with Crippen LogP contribution in [0.25, 0.3) is 0 Å². The Morgan fingerprint density at radius 1 is 1.22 bits per heavy atom. The molecule has 1 aliphatic heterocycles. The fourth-order valence-electron chi connectivity index (χ4n) is 3.27. The second-order valence-electron chi connectivity index (χ2n) is 5.71. The van der Waals surface area contributed by atoms with E-state index in [0.717, 1.165) is 25.2 Å². The van der Waals surface area contributed by atoms with Gasteiger partial charge in [0.1, 0.15) is 0 Å². The Labute approximate surface area is 114 Å². The fraction of sp³-hybridized carbons (Fsp3) is 1.00. The maximum absolute atomic E-state index is 5.76. The van der Waals surface area contributed by atoms with Crippen LogP contribution in [-0.4, -0.2) is 55.1 Å². The van der Waals surface area contributed by atoms with Crippen molar-refractivity contribution in [1.29, 1.82) is 0 Å². The van der Waals surface area contributed by atoms with Crippen LogP contribution >= 0.6 is 0 Å². The highest BCUT2D eigenvalue weighted by molar-refractivity contribution is 4.77. The molecule has 0 aromatic heterocycles. The fourth-order valence-corrected chi connectivity index (χ4v) is 3.27. The van der Waals surface area contributed by atoms with Gasteiger partial charge < -0.3 is 10.6 Å². The first-order valence-electron chi connectivity index (χ1n) is 7.87. The predicted molar refractivity (Wildman–Crippen MR) is 79.9 cm³/mol. The molecule has 18 heavy (non-hydrogen) atoms. The predicted octanol–water partition coefficient (Wildman–Crippen LogP) is 2.31. The quantitative estimate of drug-likeness (QED) is 0.722. The SMILES string of the molecule is CCC(CC)N(CCN)CCC1CCCCN1C. The van der Waals surface area contributed by atoms with Gasteiger partial charge in [0.15, 0.2) is 0 Å². The number of hydrogen-bond acceptors (Lipinski definition) is 3. The lowest BCUT2D eigenvalue weighted by Crippen LogP contribution is -2.43. The maximum Gasteiger partial charge on any atom is 0.0108 e. The lowest BCUT2D eigenvalue weighted by atomic mass is 9.99. The number of rotatable bonds is 8. The first kappa shape index (κ1) is 15.9. The van der Waals surface area contributed by atoms with Gasteiger partial charge in [0.25, 0.3) is 0 Å². The van der Waals surface area contributed by atoms with Crippen molar-refractivity contribution in [3.8, 4) is 0 Å². The van der Waals surface area contributed by atoms with Crippen molar-refractivity contribution >= 4 is 0 Å². The molecule has 0 aliphatic carbocycles. The standard InChI is InChI=1S/C15H33N3/c1-4-14(5-2)18(13-10-16)12-9-15-8-6-7-11-17(15)3/h14-15H,4-13,16H2,1-3H3. The lowest BCUT2D eigenvalue weighted by molar-refractivity contribution is 0.132. The van der Waals surface area contributed by atoms with Crippen molar-refractivity contribution in [2.45, 2.75) is 64.5 Å². The summed E-state index contributed by atoms with van der Waals surface area (Å²) in [7, 11) is 2.29. The van der Waals surface area contributed by atoms with Crippen molar-refractivity contribution in [1.82, 2.24) is 9.80 Å². The van der Waals surface area contributed by atoms with Gasteiger partial charge in [0.05, 0.1) is 0 Å². The molecule has 1 aliphatic rings. The summed E-state index contributed by atoms with van der Waals surface area (Å²) in [5, 5.41) is 0. The molecule has 0 bridgehead atoms. The van der Waals surface area contributed by atoms with Crippen LogP contribution in [-0.2, 0) is 0 Å². The van der Waals surface area contributed by atoms with E-state index in [-0.39, 0.29) is 0 Å². The van der Waals surface area contributed by atoms with Crippen molar-refractivity contribution < 1.29 is 0 Å². The van der Waals surface area contributed by atoms with E-state index in [1.807, 2.05) is 0 Å². The average molecular weight is 255 g/mol. The molecule has 1 heterocycles. The first-order chi connectivity index (χ1) is 8.72. The highest BCUT2D eigenvalue weighted by Crippen LogP contribution is 2.19. The molecule has 0 aromatic rings. The van der Waals surface area contributed by atoms with Crippen LogP contribution in [0.2, 0.25) is 0 Å². The smallest absolute Gasteiger partial charge is 0.0108 e. The van der Waals surface area contributed by atoms with Crippen LogP contribution in [0, 0.1) is 0 Å².